The van der Waals surface area contributed by atoms with Gasteiger partial charge in [0, 0.05) is 6.54 Å². The fourth-order valence-corrected chi connectivity index (χ4v) is 3.12. The number of halogens is 1. The van der Waals surface area contributed by atoms with Crippen LogP contribution < -0.4 is 14.8 Å². The number of ether oxygens (including phenoxy) is 1. The van der Waals surface area contributed by atoms with E-state index in [9.17, 15) is 13.2 Å². The smallest absolute Gasteiger partial charge is 0.241 e. The van der Waals surface area contributed by atoms with Crippen LogP contribution in [0.25, 0.3) is 0 Å². The normalized spacial score (nSPS) is 12.8. The standard InChI is InChI=1S/C13H19ClN2O4S/c1-4-7-15-13(17)9(2)16-21(18,19)10-5-6-12(20-3)11(14)8-10/h5-6,8-9,16H,4,7H2,1-3H3,(H,15,17)/t9-/m0/s1. The second kappa shape index (κ2) is 7.63. The van der Waals surface area contributed by atoms with Gasteiger partial charge in [0.25, 0.3) is 0 Å². The predicted octanol–water partition coefficient (Wildman–Crippen LogP) is 1.54. The van der Waals surface area contributed by atoms with E-state index in [0.29, 0.717) is 12.3 Å². The van der Waals surface area contributed by atoms with Crippen LogP contribution in [-0.4, -0.2) is 34.0 Å². The molecule has 0 radical (unpaired) electrons. The van der Waals surface area contributed by atoms with E-state index >= 15 is 0 Å². The summed E-state index contributed by atoms with van der Waals surface area (Å²) in [6, 6.07) is 3.23. The van der Waals surface area contributed by atoms with Crippen molar-refractivity contribution in [3.05, 3.63) is 23.2 Å². The van der Waals surface area contributed by atoms with Crippen LogP contribution in [0.3, 0.4) is 0 Å². The summed E-state index contributed by atoms with van der Waals surface area (Å²) in [4.78, 5) is 11.7. The van der Waals surface area contributed by atoms with Crippen molar-refractivity contribution in [3.63, 3.8) is 0 Å². The highest BCUT2D eigenvalue weighted by atomic mass is 35.5. The molecule has 0 bridgehead atoms. The van der Waals surface area contributed by atoms with Gasteiger partial charge < -0.3 is 10.1 Å². The first-order chi connectivity index (χ1) is 9.81. The maximum atomic E-state index is 12.2. The van der Waals surface area contributed by atoms with Crippen LogP contribution in [0.5, 0.6) is 5.75 Å². The molecular formula is C13H19ClN2O4S. The third kappa shape index (κ3) is 4.87. The molecule has 0 spiro atoms. The van der Waals surface area contributed by atoms with Gasteiger partial charge in [-0.2, -0.15) is 4.72 Å². The summed E-state index contributed by atoms with van der Waals surface area (Å²) in [7, 11) is -2.39. The number of sulfonamides is 1. The van der Waals surface area contributed by atoms with Crippen molar-refractivity contribution in [1.82, 2.24) is 10.0 Å². The van der Waals surface area contributed by atoms with Crippen LogP contribution in [0.15, 0.2) is 23.1 Å². The molecule has 1 aromatic rings. The fourth-order valence-electron chi connectivity index (χ4n) is 1.57. The van der Waals surface area contributed by atoms with Gasteiger partial charge in [-0.3, -0.25) is 4.79 Å². The molecule has 6 nitrogen and oxygen atoms in total. The zero-order chi connectivity index (χ0) is 16.0. The van der Waals surface area contributed by atoms with Gasteiger partial charge >= 0.3 is 0 Å². The lowest BCUT2D eigenvalue weighted by Crippen LogP contribution is -2.44. The van der Waals surface area contributed by atoms with Gasteiger partial charge in [0.15, 0.2) is 0 Å². The minimum Gasteiger partial charge on any atom is -0.495 e. The molecule has 0 aliphatic heterocycles. The summed E-state index contributed by atoms with van der Waals surface area (Å²) in [5.74, 6) is 0.00406. The molecule has 1 amide bonds. The Hall–Kier alpha value is -1.31. The molecule has 8 heteroatoms. The molecule has 0 heterocycles. The lowest BCUT2D eigenvalue weighted by Gasteiger charge is -2.14. The monoisotopic (exact) mass is 334 g/mol. The zero-order valence-corrected chi connectivity index (χ0v) is 13.7. The van der Waals surface area contributed by atoms with Crippen molar-refractivity contribution in [2.75, 3.05) is 13.7 Å². The van der Waals surface area contributed by atoms with Crippen molar-refractivity contribution in [3.8, 4) is 5.75 Å². The van der Waals surface area contributed by atoms with Crippen molar-refractivity contribution >= 4 is 27.5 Å². The molecule has 0 saturated carbocycles. The first-order valence-electron chi connectivity index (χ1n) is 6.45. The Morgan fingerprint density at radius 3 is 2.62 bits per heavy atom. The molecular weight excluding hydrogens is 316 g/mol. The minimum atomic E-state index is -3.83. The van der Waals surface area contributed by atoms with Crippen LogP contribution in [0, 0.1) is 0 Å². The first-order valence-corrected chi connectivity index (χ1v) is 8.31. The van der Waals surface area contributed by atoms with Gasteiger partial charge in [0.05, 0.1) is 23.1 Å². The average molecular weight is 335 g/mol. The molecule has 1 aromatic carbocycles. The van der Waals surface area contributed by atoms with Crippen molar-refractivity contribution in [1.29, 1.82) is 0 Å². The molecule has 1 rings (SSSR count). The number of carbonyl (C=O) groups is 1. The van der Waals surface area contributed by atoms with Gasteiger partial charge in [0.2, 0.25) is 15.9 Å². The van der Waals surface area contributed by atoms with Crippen LogP contribution in [0.1, 0.15) is 20.3 Å². The number of rotatable bonds is 7. The number of carbonyl (C=O) groups excluding carboxylic acids is 1. The van der Waals surface area contributed by atoms with E-state index in [-0.39, 0.29) is 15.8 Å². The molecule has 0 unspecified atom stereocenters. The number of methoxy groups -OCH3 is 1. The Bertz CT molecular complexity index is 604. The minimum absolute atomic E-state index is 0.0246. The largest absolute Gasteiger partial charge is 0.495 e. The summed E-state index contributed by atoms with van der Waals surface area (Å²) in [5.41, 5.74) is 0. The Balaban J connectivity index is 2.86. The summed E-state index contributed by atoms with van der Waals surface area (Å²) >= 11 is 5.91. The topological polar surface area (TPSA) is 84.5 Å². The number of amides is 1. The summed E-state index contributed by atoms with van der Waals surface area (Å²) < 4.78 is 31.6. The highest BCUT2D eigenvalue weighted by Gasteiger charge is 2.22. The molecule has 0 saturated heterocycles. The van der Waals surface area contributed by atoms with Gasteiger partial charge in [-0.05, 0) is 31.5 Å². The van der Waals surface area contributed by atoms with Gasteiger partial charge in [-0.25, -0.2) is 8.42 Å². The number of benzene rings is 1. The lowest BCUT2D eigenvalue weighted by molar-refractivity contribution is -0.122. The van der Waals surface area contributed by atoms with Crippen LogP contribution >= 0.6 is 11.6 Å². The van der Waals surface area contributed by atoms with Crippen molar-refractivity contribution < 1.29 is 17.9 Å². The van der Waals surface area contributed by atoms with E-state index in [1.165, 1.54) is 32.2 Å². The molecule has 1 atom stereocenters. The van der Waals surface area contributed by atoms with E-state index in [1.807, 2.05) is 6.92 Å². The molecule has 21 heavy (non-hydrogen) atoms. The van der Waals surface area contributed by atoms with E-state index in [4.69, 9.17) is 16.3 Å². The number of hydrogen-bond donors (Lipinski definition) is 2. The maximum absolute atomic E-state index is 12.2. The Labute approximate surface area is 129 Å². The quantitative estimate of drug-likeness (QED) is 0.792. The molecule has 0 aliphatic carbocycles. The Kier molecular flexibility index (Phi) is 6.44. The van der Waals surface area contributed by atoms with Gasteiger partial charge in [-0.15, -0.1) is 0 Å². The molecule has 118 valence electrons. The SMILES string of the molecule is CCCNC(=O)[C@H](C)NS(=O)(=O)c1ccc(OC)c(Cl)c1. The second-order valence-corrected chi connectivity index (χ2v) is 6.55. The van der Waals surface area contributed by atoms with Crippen LogP contribution in [-0.2, 0) is 14.8 Å². The summed E-state index contributed by atoms with van der Waals surface area (Å²) in [6.07, 6.45) is 0.777. The lowest BCUT2D eigenvalue weighted by atomic mass is 10.3. The highest BCUT2D eigenvalue weighted by molar-refractivity contribution is 7.89. The fraction of sp³-hybridized carbons (Fsp3) is 0.462. The van der Waals surface area contributed by atoms with Gasteiger partial charge in [-0.1, -0.05) is 18.5 Å². The first kappa shape index (κ1) is 17.7. The van der Waals surface area contributed by atoms with Crippen molar-refractivity contribution in [2.24, 2.45) is 0 Å². The van der Waals surface area contributed by atoms with E-state index < -0.39 is 16.1 Å². The molecule has 0 aliphatic rings. The van der Waals surface area contributed by atoms with Gasteiger partial charge in [0.1, 0.15) is 5.75 Å². The van der Waals surface area contributed by atoms with E-state index in [0.717, 1.165) is 6.42 Å². The third-order valence-electron chi connectivity index (χ3n) is 2.71. The van der Waals surface area contributed by atoms with E-state index in [1.54, 1.807) is 0 Å². The molecule has 0 aromatic heterocycles. The second-order valence-electron chi connectivity index (χ2n) is 4.43. The summed E-state index contributed by atoms with van der Waals surface area (Å²) in [5, 5.41) is 2.81. The molecule has 2 N–H and O–H groups in total. The molecule has 0 fully saturated rings. The number of nitrogens with one attached hydrogen (secondary N) is 2. The summed E-state index contributed by atoms with van der Waals surface area (Å²) in [6.45, 7) is 3.89. The van der Waals surface area contributed by atoms with Crippen LogP contribution in [0.2, 0.25) is 5.02 Å². The zero-order valence-electron chi connectivity index (χ0n) is 12.1. The van der Waals surface area contributed by atoms with Crippen LogP contribution in [0.4, 0.5) is 0 Å². The predicted molar refractivity (Wildman–Crippen MR) is 81.1 cm³/mol. The average Bonchev–Trinajstić information content (AvgIpc) is 2.44. The highest BCUT2D eigenvalue weighted by Crippen LogP contribution is 2.26. The maximum Gasteiger partial charge on any atom is 0.241 e. The third-order valence-corrected chi connectivity index (χ3v) is 4.54. The Morgan fingerprint density at radius 2 is 2.10 bits per heavy atom. The Morgan fingerprint density at radius 1 is 1.43 bits per heavy atom. The van der Waals surface area contributed by atoms with Crippen molar-refractivity contribution in [2.45, 2.75) is 31.2 Å². The number of hydrogen-bond acceptors (Lipinski definition) is 4. The van der Waals surface area contributed by atoms with E-state index in [2.05, 4.69) is 10.0 Å².